The first-order chi connectivity index (χ1) is 12.2. The predicted octanol–water partition coefficient (Wildman–Crippen LogP) is 3.31. The third kappa shape index (κ3) is 5.16. The highest BCUT2D eigenvalue weighted by atomic mass is 32.2. The lowest BCUT2D eigenvalue weighted by molar-refractivity contribution is -0.116. The molecule has 7 heteroatoms. The molecule has 1 unspecified atom stereocenters. The summed E-state index contributed by atoms with van der Waals surface area (Å²) < 4.78 is 23.5. The van der Waals surface area contributed by atoms with Crippen LogP contribution in [-0.2, 0) is 14.6 Å². The summed E-state index contributed by atoms with van der Waals surface area (Å²) in [6.45, 7) is 1.98. The molecule has 2 aromatic carbocycles. The molecule has 26 heavy (non-hydrogen) atoms. The van der Waals surface area contributed by atoms with Crippen LogP contribution < -0.4 is 5.32 Å². The van der Waals surface area contributed by atoms with Crippen LogP contribution in [-0.4, -0.2) is 31.7 Å². The lowest BCUT2D eigenvalue weighted by Gasteiger charge is -2.15. The number of carbonyl (C=O) groups is 2. The quantitative estimate of drug-likeness (QED) is 0.773. The molecule has 0 fully saturated rings. The average molecular weight is 375 g/mol. The number of aromatic carboxylic acids is 1. The van der Waals surface area contributed by atoms with Crippen molar-refractivity contribution in [2.75, 3.05) is 11.6 Å². The molecule has 2 rings (SSSR count). The van der Waals surface area contributed by atoms with Crippen molar-refractivity contribution in [2.24, 2.45) is 0 Å². The maximum absolute atomic E-state index is 12.4. The average Bonchev–Trinajstić information content (AvgIpc) is 2.59. The minimum Gasteiger partial charge on any atom is -0.478 e. The minimum absolute atomic E-state index is 0.0215. The van der Waals surface area contributed by atoms with Crippen molar-refractivity contribution >= 4 is 27.4 Å². The number of amides is 1. The van der Waals surface area contributed by atoms with E-state index >= 15 is 0 Å². The van der Waals surface area contributed by atoms with Gasteiger partial charge in [0.1, 0.15) is 0 Å². The summed E-state index contributed by atoms with van der Waals surface area (Å²) in [4.78, 5) is 23.5. The number of nitrogens with one attached hydrogen (secondary N) is 1. The maximum atomic E-state index is 12.4. The van der Waals surface area contributed by atoms with Crippen LogP contribution in [0.5, 0.6) is 0 Å². The van der Waals surface area contributed by atoms with Crippen molar-refractivity contribution in [3.05, 3.63) is 59.7 Å². The fourth-order valence-electron chi connectivity index (χ4n) is 2.67. The second kappa shape index (κ2) is 8.14. The number of anilines is 1. The number of rotatable bonds is 7. The largest absolute Gasteiger partial charge is 0.478 e. The second-order valence-electron chi connectivity index (χ2n) is 6.09. The van der Waals surface area contributed by atoms with Gasteiger partial charge in [0, 0.05) is 18.4 Å². The summed E-state index contributed by atoms with van der Waals surface area (Å²) in [6.07, 6.45) is 1.97. The number of carboxylic acid groups (broad SMARTS) is 1. The molecule has 0 aliphatic carbocycles. The van der Waals surface area contributed by atoms with Crippen LogP contribution in [0.2, 0.25) is 0 Å². The molecular formula is C19H21NO5S. The van der Waals surface area contributed by atoms with E-state index in [4.69, 9.17) is 5.11 Å². The molecule has 0 bridgehead atoms. The summed E-state index contributed by atoms with van der Waals surface area (Å²) >= 11 is 0. The number of benzene rings is 2. The summed E-state index contributed by atoms with van der Waals surface area (Å²) in [5, 5.41) is 11.8. The Hall–Kier alpha value is -2.67. The van der Waals surface area contributed by atoms with Gasteiger partial charge in [-0.05, 0) is 36.1 Å². The highest BCUT2D eigenvalue weighted by molar-refractivity contribution is 7.90. The van der Waals surface area contributed by atoms with E-state index < -0.39 is 15.8 Å². The van der Waals surface area contributed by atoms with Gasteiger partial charge in [-0.3, -0.25) is 4.79 Å². The van der Waals surface area contributed by atoms with Crippen molar-refractivity contribution < 1.29 is 23.1 Å². The summed E-state index contributed by atoms with van der Waals surface area (Å²) in [5.41, 5.74) is 0.998. The smallest absolute Gasteiger partial charge is 0.335 e. The van der Waals surface area contributed by atoms with Gasteiger partial charge in [-0.25, -0.2) is 13.2 Å². The number of carboxylic acids is 1. The van der Waals surface area contributed by atoms with Crippen molar-refractivity contribution in [3.8, 4) is 0 Å². The fraction of sp³-hybridized carbons (Fsp3) is 0.263. The monoisotopic (exact) mass is 375 g/mol. The van der Waals surface area contributed by atoms with E-state index in [0.717, 1.165) is 24.3 Å². The van der Waals surface area contributed by atoms with Crippen molar-refractivity contribution in [3.63, 3.8) is 0 Å². The standard InChI is InChI=1S/C19H21NO5S/c1-3-13(14-7-5-4-6-8-14)11-18(21)20-16-9-15(19(22)23)10-17(12-16)26(2,24)25/h4-10,12-13H,3,11H2,1-2H3,(H,20,21)(H,22,23). The van der Waals surface area contributed by atoms with E-state index in [0.29, 0.717) is 0 Å². The lowest BCUT2D eigenvalue weighted by Crippen LogP contribution is -2.16. The SMILES string of the molecule is CCC(CC(=O)Nc1cc(C(=O)O)cc(S(C)(=O)=O)c1)c1ccccc1. The number of carbonyl (C=O) groups excluding carboxylic acids is 1. The molecule has 2 N–H and O–H groups in total. The molecule has 0 heterocycles. The Morgan fingerprint density at radius 2 is 1.77 bits per heavy atom. The molecule has 138 valence electrons. The fourth-order valence-corrected chi connectivity index (χ4v) is 3.35. The molecule has 0 saturated carbocycles. The highest BCUT2D eigenvalue weighted by Gasteiger charge is 2.17. The van der Waals surface area contributed by atoms with Gasteiger partial charge in [0.2, 0.25) is 5.91 Å². The van der Waals surface area contributed by atoms with Crippen LogP contribution in [0.4, 0.5) is 5.69 Å². The van der Waals surface area contributed by atoms with Gasteiger partial charge in [-0.1, -0.05) is 37.3 Å². The number of hydrogen-bond donors (Lipinski definition) is 2. The maximum Gasteiger partial charge on any atom is 0.335 e. The van der Waals surface area contributed by atoms with Crippen LogP contribution in [0.3, 0.4) is 0 Å². The molecule has 0 aliphatic rings. The van der Waals surface area contributed by atoms with E-state index in [2.05, 4.69) is 5.32 Å². The molecule has 0 aliphatic heterocycles. The molecule has 0 radical (unpaired) electrons. The van der Waals surface area contributed by atoms with E-state index in [9.17, 15) is 18.0 Å². The van der Waals surface area contributed by atoms with Crippen molar-refractivity contribution in [1.82, 2.24) is 0 Å². The Labute approximate surface area is 152 Å². The molecular weight excluding hydrogens is 354 g/mol. The van der Waals surface area contributed by atoms with E-state index in [-0.39, 0.29) is 34.4 Å². The van der Waals surface area contributed by atoms with Gasteiger partial charge in [-0.2, -0.15) is 0 Å². The second-order valence-corrected chi connectivity index (χ2v) is 8.11. The summed E-state index contributed by atoms with van der Waals surface area (Å²) in [5.74, 6) is -1.54. The third-order valence-electron chi connectivity index (χ3n) is 4.06. The zero-order valence-corrected chi connectivity index (χ0v) is 15.4. The van der Waals surface area contributed by atoms with Crippen LogP contribution in [0.25, 0.3) is 0 Å². The first kappa shape index (κ1) is 19.7. The Morgan fingerprint density at radius 1 is 1.12 bits per heavy atom. The topological polar surface area (TPSA) is 101 Å². The molecule has 6 nitrogen and oxygen atoms in total. The van der Waals surface area contributed by atoms with E-state index in [1.54, 1.807) is 0 Å². The van der Waals surface area contributed by atoms with Crippen molar-refractivity contribution in [1.29, 1.82) is 0 Å². The Balaban J connectivity index is 2.22. The molecule has 1 amide bonds. The number of sulfone groups is 1. The van der Waals surface area contributed by atoms with Crippen LogP contribution >= 0.6 is 0 Å². The normalized spacial score (nSPS) is 12.4. The molecule has 0 spiro atoms. The van der Waals surface area contributed by atoms with Crippen LogP contribution in [0, 0.1) is 0 Å². The van der Waals surface area contributed by atoms with Crippen molar-refractivity contribution in [2.45, 2.75) is 30.6 Å². The molecule has 0 aromatic heterocycles. The first-order valence-corrected chi connectivity index (χ1v) is 10.0. The van der Waals surface area contributed by atoms with Crippen LogP contribution in [0.1, 0.15) is 41.6 Å². The molecule has 2 aromatic rings. The molecule has 0 saturated heterocycles. The summed E-state index contributed by atoms with van der Waals surface area (Å²) in [7, 11) is -3.60. The van der Waals surface area contributed by atoms with E-state index in [1.165, 1.54) is 12.1 Å². The van der Waals surface area contributed by atoms with Gasteiger partial charge in [0.15, 0.2) is 9.84 Å². The Bertz CT molecular complexity index is 907. The molecule has 1 atom stereocenters. The lowest BCUT2D eigenvalue weighted by atomic mass is 9.93. The predicted molar refractivity (Wildman–Crippen MR) is 99.2 cm³/mol. The zero-order chi connectivity index (χ0) is 19.3. The zero-order valence-electron chi connectivity index (χ0n) is 14.6. The number of hydrogen-bond acceptors (Lipinski definition) is 4. The van der Waals surface area contributed by atoms with Gasteiger partial charge >= 0.3 is 5.97 Å². The highest BCUT2D eigenvalue weighted by Crippen LogP contribution is 2.25. The Kier molecular flexibility index (Phi) is 6.15. The minimum atomic E-state index is -3.60. The van der Waals surface area contributed by atoms with E-state index in [1.807, 2.05) is 37.3 Å². The first-order valence-electron chi connectivity index (χ1n) is 8.14. The third-order valence-corrected chi connectivity index (χ3v) is 5.15. The van der Waals surface area contributed by atoms with Gasteiger partial charge in [0.25, 0.3) is 0 Å². The van der Waals surface area contributed by atoms with Gasteiger partial charge in [-0.15, -0.1) is 0 Å². The van der Waals surface area contributed by atoms with Gasteiger partial charge in [0.05, 0.1) is 10.5 Å². The Morgan fingerprint density at radius 3 is 2.31 bits per heavy atom. The van der Waals surface area contributed by atoms with Gasteiger partial charge < -0.3 is 10.4 Å². The van der Waals surface area contributed by atoms with Crippen LogP contribution in [0.15, 0.2) is 53.4 Å². The summed E-state index contributed by atoms with van der Waals surface area (Å²) in [6, 6.07) is 13.2.